The van der Waals surface area contributed by atoms with Gasteiger partial charge in [0, 0.05) is 6.26 Å². The van der Waals surface area contributed by atoms with E-state index in [9.17, 15) is 18.0 Å². The molecule has 0 spiro atoms. The molecule has 0 bridgehead atoms. The van der Waals surface area contributed by atoms with Crippen LogP contribution in [0.2, 0.25) is 5.02 Å². The van der Waals surface area contributed by atoms with Crippen LogP contribution < -0.4 is 4.90 Å². The molecular formula is C16H12ClNO4S. The first-order chi connectivity index (χ1) is 10.7. The molecule has 0 fully saturated rings. The summed E-state index contributed by atoms with van der Waals surface area (Å²) in [6.45, 7) is 1.62. The van der Waals surface area contributed by atoms with E-state index in [1.54, 1.807) is 31.2 Å². The number of halogens is 1. The van der Waals surface area contributed by atoms with Crippen LogP contribution in [0, 0.1) is 6.92 Å². The van der Waals surface area contributed by atoms with Crippen LogP contribution >= 0.6 is 11.6 Å². The molecule has 0 saturated carbocycles. The Bertz CT molecular complexity index is 931. The lowest BCUT2D eigenvalue weighted by molar-refractivity contribution is 0.0926. The first kappa shape index (κ1) is 15.7. The molecule has 1 aliphatic rings. The molecule has 1 heterocycles. The molecule has 23 heavy (non-hydrogen) atoms. The van der Waals surface area contributed by atoms with Gasteiger partial charge in [0.1, 0.15) is 0 Å². The largest absolute Gasteiger partial charge is 0.268 e. The van der Waals surface area contributed by atoms with Crippen molar-refractivity contribution < 1.29 is 18.0 Å². The zero-order valence-electron chi connectivity index (χ0n) is 12.3. The molecule has 3 rings (SSSR count). The topological polar surface area (TPSA) is 71.5 Å². The Kier molecular flexibility index (Phi) is 3.54. The summed E-state index contributed by atoms with van der Waals surface area (Å²) in [5.74, 6) is -1.03. The third kappa shape index (κ3) is 2.44. The van der Waals surface area contributed by atoms with E-state index < -0.39 is 21.7 Å². The van der Waals surface area contributed by atoms with Gasteiger partial charge in [0.05, 0.1) is 26.7 Å². The predicted octanol–water partition coefficient (Wildman–Crippen LogP) is 2.85. The van der Waals surface area contributed by atoms with Gasteiger partial charge in [-0.05, 0) is 36.8 Å². The Morgan fingerprint density at radius 3 is 2.00 bits per heavy atom. The fraction of sp³-hybridized carbons (Fsp3) is 0.125. The molecule has 0 unspecified atom stereocenters. The SMILES string of the molecule is Cc1cc(S(C)(=O)=O)cc(N2C(=O)c3ccccc3C2=O)c1Cl. The molecule has 0 atom stereocenters. The average Bonchev–Trinajstić information content (AvgIpc) is 2.73. The minimum Gasteiger partial charge on any atom is -0.268 e. The van der Waals surface area contributed by atoms with E-state index in [1.807, 2.05) is 0 Å². The highest BCUT2D eigenvalue weighted by atomic mass is 35.5. The number of sulfone groups is 1. The number of fused-ring (bicyclic) bond motifs is 1. The number of aryl methyl sites for hydroxylation is 1. The number of imide groups is 1. The second-order valence-electron chi connectivity index (χ2n) is 5.34. The molecule has 2 aromatic rings. The molecule has 5 nitrogen and oxygen atoms in total. The smallest absolute Gasteiger partial charge is 0.266 e. The molecule has 1 aliphatic heterocycles. The van der Waals surface area contributed by atoms with Crippen LogP contribution in [-0.2, 0) is 9.84 Å². The van der Waals surface area contributed by atoms with Crippen LogP contribution in [0.4, 0.5) is 5.69 Å². The van der Waals surface area contributed by atoms with Crippen molar-refractivity contribution in [3.8, 4) is 0 Å². The Balaban J connectivity index is 2.23. The van der Waals surface area contributed by atoms with Gasteiger partial charge in [-0.15, -0.1) is 0 Å². The van der Waals surface area contributed by atoms with Crippen molar-refractivity contribution in [3.05, 3.63) is 58.1 Å². The van der Waals surface area contributed by atoms with Crippen LogP contribution in [0.3, 0.4) is 0 Å². The van der Waals surface area contributed by atoms with Gasteiger partial charge in [-0.25, -0.2) is 13.3 Å². The lowest BCUT2D eigenvalue weighted by atomic mass is 10.1. The third-order valence-electron chi connectivity index (χ3n) is 3.67. The summed E-state index contributed by atoms with van der Waals surface area (Å²) < 4.78 is 23.6. The van der Waals surface area contributed by atoms with Crippen molar-refractivity contribution in [2.45, 2.75) is 11.8 Å². The highest BCUT2D eigenvalue weighted by Crippen LogP contribution is 2.36. The molecular weight excluding hydrogens is 338 g/mol. The molecule has 2 aromatic carbocycles. The molecule has 0 N–H and O–H groups in total. The summed E-state index contributed by atoms with van der Waals surface area (Å²) in [5, 5.41) is 0.173. The number of benzene rings is 2. The number of carbonyl (C=O) groups is 2. The van der Waals surface area contributed by atoms with Crippen molar-refractivity contribution in [2.75, 3.05) is 11.2 Å². The van der Waals surface area contributed by atoms with Crippen molar-refractivity contribution in [2.24, 2.45) is 0 Å². The van der Waals surface area contributed by atoms with E-state index in [-0.39, 0.29) is 26.7 Å². The van der Waals surface area contributed by atoms with Crippen molar-refractivity contribution in [1.82, 2.24) is 0 Å². The van der Waals surface area contributed by atoms with E-state index in [0.717, 1.165) is 11.2 Å². The Hall–Kier alpha value is -2.18. The van der Waals surface area contributed by atoms with Gasteiger partial charge < -0.3 is 0 Å². The van der Waals surface area contributed by atoms with E-state index in [4.69, 9.17) is 11.6 Å². The zero-order chi connectivity index (χ0) is 16.9. The maximum atomic E-state index is 12.5. The second-order valence-corrected chi connectivity index (χ2v) is 7.73. The van der Waals surface area contributed by atoms with E-state index >= 15 is 0 Å². The number of carbonyl (C=O) groups excluding carboxylic acids is 2. The molecule has 7 heteroatoms. The summed E-state index contributed by atoms with van der Waals surface area (Å²) in [7, 11) is -3.50. The highest BCUT2D eigenvalue weighted by Gasteiger charge is 2.38. The minimum atomic E-state index is -3.50. The number of rotatable bonds is 2. The molecule has 0 saturated heterocycles. The zero-order valence-corrected chi connectivity index (χ0v) is 13.9. The van der Waals surface area contributed by atoms with Gasteiger partial charge in [0.15, 0.2) is 9.84 Å². The van der Waals surface area contributed by atoms with Crippen molar-refractivity contribution >= 4 is 38.9 Å². The second kappa shape index (κ2) is 5.18. The lowest BCUT2D eigenvalue weighted by Crippen LogP contribution is -2.30. The normalized spacial score (nSPS) is 14.3. The van der Waals surface area contributed by atoms with Crippen LogP contribution in [0.15, 0.2) is 41.3 Å². The fourth-order valence-corrected chi connectivity index (χ4v) is 3.41. The number of hydrogen-bond acceptors (Lipinski definition) is 4. The van der Waals surface area contributed by atoms with E-state index in [0.29, 0.717) is 5.56 Å². The van der Waals surface area contributed by atoms with E-state index in [1.165, 1.54) is 12.1 Å². The summed E-state index contributed by atoms with van der Waals surface area (Å²) in [6.07, 6.45) is 1.06. The van der Waals surface area contributed by atoms with Gasteiger partial charge >= 0.3 is 0 Å². The van der Waals surface area contributed by atoms with Crippen LogP contribution in [-0.4, -0.2) is 26.5 Å². The summed E-state index contributed by atoms with van der Waals surface area (Å²) in [6, 6.07) is 9.10. The van der Waals surface area contributed by atoms with Crippen LogP contribution in [0.5, 0.6) is 0 Å². The molecule has 0 aliphatic carbocycles. The highest BCUT2D eigenvalue weighted by molar-refractivity contribution is 7.90. The number of anilines is 1. The Labute approximate surface area is 138 Å². The Morgan fingerprint density at radius 2 is 1.52 bits per heavy atom. The minimum absolute atomic E-state index is 0.00551. The summed E-state index contributed by atoms with van der Waals surface area (Å²) in [5.41, 5.74) is 1.10. The third-order valence-corrected chi connectivity index (χ3v) is 5.26. The van der Waals surface area contributed by atoms with Crippen molar-refractivity contribution in [3.63, 3.8) is 0 Å². The number of nitrogens with zero attached hydrogens (tertiary/aromatic N) is 1. The van der Waals surface area contributed by atoms with Crippen LogP contribution in [0.1, 0.15) is 26.3 Å². The maximum Gasteiger partial charge on any atom is 0.266 e. The van der Waals surface area contributed by atoms with Gasteiger partial charge in [-0.3, -0.25) is 9.59 Å². The summed E-state index contributed by atoms with van der Waals surface area (Å²) >= 11 is 6.23. The van der Waals surface area contributed by atoms with Gasteiger partial charge in [-0.1, -0.05) is 23.7 Å². The first-order valence-corrected chi connectivity index (χ1v) is 8.97. The lowest BCUT2D eigenvalue weighted by Gasteiger charge is -2.18. The fourth-order valence-electron chi connectivity index (χ4n) is 2.50. The average molecular weight is 350 g/mol. The molecule has 2 amide bonds. The van der Waals surface area contributed by atoms with Gasteiger partial charge in [-0.2, -0.15) is 0 Å². The van der Waals surface area contributed by atoms with Crippen LogP contribution in [0.25, 0.3) is 0 Å². The van der Waals surface area contributed by atoms with Gasteiger partial charge in [0.25, 0.3) is 11.8 Å². The Morgan fingerprint density at radius 1 is 1.00 bits per heavy atom. The molecule has 118 valence electrons. The van der Waals surface area contributed by atoms with Gasteiger partial charge in [0.2, 0.25) is 0 Å². The monoisotopic (exact) mass is 349 g/mol. The number of hydrogen-bond donors (Lipinski definition) is 0. The van der Waals surface area contributed by atoms with Crippen molar-refractivity contribution in [1.29, 1.82) is 0 Å². The molecule has 0 aromatic heterocycles. The predicted molar refractivity (Wildman–Crippen MR) is 86.9 cm³/mol. The summed E-state index contributed by atoms with van der Waals surface area (Å²) in [4.78, 5) is 26.0. The quantitative estimate of drug-likeness (QED) is 0.781. The standard InChI is InChI=1S/C16H12ClNO4S/c1-9-7-10(23(2,21)22)8-13(14(9)17)18-15(19)11-5-3-4-6-12(11)16(18)20/h3-8H,1-2H3. The van der Waals surface area contributed by atoms with E-state index in [2.05, 4.69) is 0 Å². The number of amides is 2. The first-order valence-electron chi connectivity index (χ1n) is 6.70. The molecule has 0 radical (unpaired) electrons. The maximum absolute atomic E-state index is 12.5.